The second kappa shape index (κ2) is 7.04. The van der Waals surface area contributed by atoms with E-state index in [9.17, 15) is 4.79 Å². The highest BCUT2D eigenvalue weighted by Gasteiger charge is 2.35. The molecule has 90 valence electrons. The molecule has 1 atom stereocenters. The second-order valence-corrected chi connectivity index (χ2v) is 9.99. The quantitative estimate of drug-likeness (QED) is 0.491. The van der Waals surface area contributed by atoms with E-state index in [1.165, 1.54) is 25.1 Å². The average Bonchev–Trinajstić information content (AvgIpc) is 2.24. The molecule has 0 aromatic heterocycles. The summed E-state index contributed by atoms with van der Waals surface area (Å²) < 4.78 is 5.20. The van der Waals surface area contributed by atoms with Gasteiger partial charge in [0.2, 0.25) is 0 Å². The Morgan fingerprint density at radius 2 is 1.60 bits per heavy atom. The molecule has 1 unspecified atom stereocenters. The van der Waals surface area contributed by atoms with Gasteiger partial charge in [0, 0.05) is 6.92 Å². The van der Waals surface area contributed by atoms with Crippen LogP contribution in [-0.2, 0) is 9.53 Å². The van der Waals surface area contributed by atoms with Crippen LogP contribution >= 0.6 is 0 Å². The van der Waals surface area contributed by atoms with Crippen LogP contribution in [0, 0.1) is 0 Å². The first kappa shape index (κ1) is 14.7. The van der Waals surface area contributed by atoms with Crippen LogP contribution in [0.2, 0.25) is 23.7 Å². The van der Waals surface area contributed by atoms with Gasteiger partial charge in [-0.15, -0.1) is 0 Å². The maximum absolute atomic E-state index is 10.8. The van der Waals surface area contributed by atoms with Gasteiger partial charge in [-0.1, -0.05) is 52.2 Å². The fourth-order valence-electron chi connectivity index (χ4n) is 2.56. The molecule has 0 saturated carbocycles. The van der Waals surface area contributed by atoms with Crippen LogP contribution in [0.3, 0.4) is 0 Å². The molecule has 15 heavy (non-hydrogen) atoms. The van der Waals surface area contributed by atoms with Crippen molar-refractivity contribution in [2.75, 3.05) is 6.61 Å². The Morgan fingerprint density at radius 3 is 1.87 bits per heavy atom. The summed E-state index contributed by atoms with van der Waals surface area (Å²) in [5.41, 5.74) is 0.640. The molecule has 0 radical (unpaired) electrons. The lowest BCUT2D eigenvalue weighted by Crippen LogP contribution is -2.39. The highest BCUT2D eigenvalue weighted by Crippen LogP contribution is 2.35. The minimum absolute atomic E-state index is 0.139. The highest BCUT2D eigenvalue weighted by atomic mass is 28.3. The van der Waals surface area contributed by atoms with Gasteiger partial charge in [0.15, 0.2) is 0 Å². The summed E-state index contributed by atoms with van der Waals surface area (Å²) in [6.07, 6.45) is 1.15. The van der Waals surface area contributed by atoms with Gasteiger partial charge >= 0.3 is 5.97 Å². The molecule has 0 heterocycles. The van der Waals surface area contributed by atoms with Gasteiger partial charge in [0.25, 0.3) is 0 Å². The predicted molar refractivity (Wildman–Crippen MR) is 67.9 cm³/mol. The first-order chi connectivity index (χ1) is 7.06. The van der Waals surface area contributed by atoms with Crippen LogP contribution < -0.4 is 0 Å². The van der Waals surface area contributed by atoms with Crippen LogP contribution in [0.4, 0.5) is 0 Å². The van der Waals surface area contributed by atoms with Crippen molar-refractivity contribution in [2.45, 2.75) is 64.7 Å². The first-order valence-electron chi connectivity index (χ1n) is 6.19. The van der Waals surface area contributed by atoms with Gasteiger partial charge < -0.3 is 4.74 Å². The summed E-state index contributed by atoms with van der Waals surface area (Å²) in [7, 11) is -1.19. The number of rotatable bonds is 7. The molecule has 0 saturated heterocycles. The zero-order chi connectivity index (χ0) is 11.9. The third kappa shape index (κ3) is 3.97. The molecule has 0 aliphatic carbocycles. The van der Waals surface area contributed by atoms with Crippen molar-refractivity contribution in [1.29, 1.82) is 0 Å². The van der Waals surface area contributed by atoms with Gasteiger partial charge in [-0.05, 0) is 5.54 Å². The Balaban J connectivity index is 4.51. The molecule has 0 aliphatic heterocycles. The van der Waals surface area contributed by atoms with Crippen molar-refractivity contribution < 1.29 is 9.53 Å². The number of esters is 1. The second-order valence-electron chi connectivity index (χ2n) is 4.33. The topological polar surface area (TPSA) is 26.3 Å². The molecule has 2 nitrogen and oxygen atoms in total. The lowest BCUT2D eigenvalue weighted by molar-refractivity contribution is -0.141. The average molecular weight is 230 g/mol. The number of carbonyl (C=O) groups excluding carboxylic acids is 1. The smallest absolute Gasteiger partial charge is 0.302 e. The van der Waals surface area contributed by atoms with Crippen molar-refractivity contribution in [3.8, 4) is 0 Å². The fourth-order valence-corrected chi connectivity index (χ4v) is 7.10. The molecule has 0 spiro atoms. The maximum Gasteiger partial charge on any atom is 0.302 e. The van der Waals surface area contributed by atoms with Crippen molar-refractivity contribution in [3.05, 3.63) is 0 Å². The van der Waals surface area contributed by atoms with E-state index in [0.29, 0.717) is 12.1 Å². The van der Waals surface area contributed by atoms with Gasteiger partial charge in [0.1, 0.15) is 0 Å². The number of hydrogen-bond donors (Lipinski definition) is 0. The zero-order valence-electron chi connectivity index (χ0n) is 10.9. The Kier molecular flexibility index (Phi) is 6.90. The van der Waals surface area contributed by atoms with E-state index < -0.39 is 8.07 Å². The van der Waals surface area contributed by atoms with Crippen molar-refractivity contribution in [3.63, 3.8) is 0 Å². The Morgan fingerprint density at radius 1 is 1.13 bits per heavy atom. The summed E-state index contributed by atoms with van der Waals surface area (Å²) in [5.74, 6) is -0.139. The third-order valence-corrected chi connectivity index (χ3v) is 10.5. The molecule has 0 amide bonds. The minimum Gasteiger partial charge on any atom is -0.466 e. The van der Waals surface area contributed by atoms with E-state index >= 15 is 0 Å². The monoisotopic (exact) mass is 230 g/mol. The van der Waals surface area contributed by atoms with E-state index in [0.717, 1.165) is 6.42 Å². The normalized spacial score (nSPS) is 13.7. The molecule has 0 N–H and O–H groups in total. The molecule has 3 heteroatoms. The van der Waals surface area contributed by atoms with Gasteiger partial charge in [-0.25, -0.2) is 0 Å². The van der Waals surface area contributed by atoms with Gasteiger partial charge in [-0.3, -0.25) is 4.79 Å². The van der Waals surface area contributed by atoms with Crippen LogP contribution in [0.5, 0.6) is 0 Å². The van der Waals surface area contributed by atoms with Gasteiger partial charge in [0.05, 0.1) is 14.7 Å². The number of hydrogen-bond acceptors (Lipinski definition) is 2. The summed E-state index contributed by atoms with van der Waals surface area (Å²) in [6.45, 7) is 11.3. The molecule has 0 aromatic carbocycles. The van der Waals surface area contributed by atoms with E-state index in [4.69, 9.17) is 4.74 Å². The Hall–Kier alpha value is -0.313. The largest absolute Gasteiger partial charge is 0.466 e. The summed E-state index contributed by atoms with van der Waals surface area (Å²) >= 11 is 0. The van der Waals surface area contributed by atoms with Crippen molar-refractivity contribution >= 4 is 14.0 Å². The van der Waals surface area contributed by atoms with Crippen LogP contribution in [0.25, 0.3) is 0 Å². The lowest BCUT2D eigenvalue weighted by atomic mass is 10.3. The predicted octanol–water partition coefficient (Wildman–Crippen LogP) is 3.84. The van der Waals surface area contributed by atoms with Crippen LogP contribution in [0.15, 0.2) is 0 Å². The van der Waals surface area contributed by atoms with Crippen molar-refractivity contribution in [1.82, 2.24) is 0 Å². The lowest BCUT2D eigenvalue weighted by Gasteiger charge is -2.36. The number of ether oxygens (including phenoxy) is 1. The van der Waals surface area contributed by atoms with E-state index in [2.05, 4.69) is 27.7 Å². The third-order valence-electron chi connectivity index (χ3n) is 3.96. The van der Waals surface area contributed by atoms with E-state index in [1.807, 2.05) is 0 Å². The van der Waals surface area contributed by atoms with Gasteiger partial charge in [-0.2, -0.15) is 0 Å². The molecule has 0 aromatic rings. The maximum atomic E-state index is 10.8. The molecule has 0 aliphatic rings. The van der Waals surface area contributed by atoms with E-state index in [-0.39, 0.29) is 5.97 Å². The zero-order valence-corrected chi connectivity index (χ0v) is 11.9. The first-order valence-corrected chi connectivity index (χ1v) is 8.89. The molecule has 0 bridgehead atoms. The standard InChI is InChI=1S/C12H26O2Si/c1-6-12(10-14-11(5)13)15(7-2,8-3)9-4/h12H,6-10H2,1-5H3. The molecular formula is C12H26O2Si. The van der Waals surface area contributed by atoms with E-state index in [1.54, 1.807) is 0 Å². The van der Waals surface area contributed by atoms with Crippen molar-refractivity contribution in [2.24, 2.45) is 0 Å². The summed E-state index contributed by atoms with van der Waals surface area (Å²) in [6, 6.07) is 3.92. The van der Waals surface area contributed by atoms with Crippen LogP contribution in [0.1, 0.15) is 41.0 Å². The number of carbonyl (C=O) groups is 1. The Labute approximate surface area is 95.4 Å². The highest BCUT2D eigenvalue weighted by molar-refractivity contribution is 6.81. The summed E-state index contributed by atoms with van der Waals surface area (Å²) in [4.78, 5) is 10.8. The molecule has 0 rings (SSSR count). The molecule has 0 fully saturated rings. The summed E-state index contributed by atoms with van der Waals surface area (Å²) in [5, 5.41) is 0. The van der Waals surface area contributed by atoms with Crippen LogP contribution in [-0.4, -0.2) is 20.7 Å². The molecular weight excluding hydrogens is 204 g/mol. The SMILES string of the molecule is CCC(COC(C)=O)[Si](CC)(CC)CC. The Bertz CT molecular complexity index is 180. The fraction of sp³-hybridized carbons (Fsp3) is 0.917. The minimum atomic E-state index is -1.19.